The molecule has 0 unspecified atom stereocenters. The molecule has 132 valence electrons. The standard InChI is InChI=1S/C16H12F3IN2O3/c1-25-13-7-9(6-12(20)14(13)23)8-21-22-15(24)10-4-2-3-5-11(10)16(17,18)19/h2-8,23H,1H3,(H,22,24)/b21-8+. The third-order valence-electron chi connectivity index (χ3n) is 3.13. The molecule has 0 saturated carbocycles. The zero-order valence-corrected chi connectivity index (χ0v) is 14.9. The lowest BCUT2D eigenvalue weighted by Gasteiger charge is -2.11. The fourth-order valence-corrected chi connectivity index (χ4v) is 2.60. The van der Waals surface area contributed by atoms with E-state index in [1.807, 2.05) is 22.6 Å². The van der Waals surface area contributed by atoms with Crippen LogP contribution in [-0.2, 0) is 6.18 Å². The van der Waals surface area contributed by atoms with E-state index in [1.54, 1.807) is 6.07 Å². The van der Waals surface area contributed by atoms with Gasteiger partial charge in [0.15, 0.2) is 11.5 Å². The van der Waals surface area contributed by atoms with Gasteiger partial charge in [0.05, 0.1) is 28.0 Å². The highest BCUT2D eigenvalue weighted by Gasteiger charge is 2.34. The number of nitrogens with one attached hydrogen (secondary N) is 1. The number of hydrogen-bond acceptors (Lipinski definition) is 4. The van der Waals surface area contributed by atoms with Gasteiger partial charge in [-0.2, -0.15) is 18.3 Å². The summed E-state index contributed by atoms with van der Waals surface area (Å²) >= 11 is 1.88. The number of carbonyl (C=O) groups excluding carboxylic acids is 1. The monoisotopic (exact) mass is 464 g/mol. The summed E-state index contributed by atoms with van der Waals surface area (Å²) in [6, 6.07) is 7.47. The molecule has 5 nitrogen and oxygen atoms in total. The summed E-state index contributed by atoms with van der Waals surface area (Å²) < 4.78 is 44.2. The zero-order valence-electron chi connectivity index (χ0n) is 12.8. The van der Waals surface area contributed by atoms with E-state index in [-0.39, 0.29) is 11.5 Å². The van der Waals surface area contributed by atoms with Crippen molar-refractivity contribution >= 4 is 34.7 Å². The molecule has 2 aromatic carbocycles. The molecule has 2 rings (SSSR count). The fraction of sp³-hybridized carbons (Fsp3) is 0.125. The third kappa shape index (κ3) is 4.62. The molecule has 0 aliphatic rings. The van der Waals surface area contributed by atoms with Crippen molar-refractivity contribution in [2.75, 3.05) is 7.11 Å². The highest BCUT2D eigenvalue weighted by molar-refractivity contribution is 14.1. The molecule has 0 aliphatic heterocycles. The van der Waals surface area contributed by atoms with Crippen molar-refractivity contribution in [3.63, 3.8) is 0 Å². The van der Waals surface area contributed by atoms with Gasteiger partial charge in [-0.05, 0) is 52.4 Å². The van der Waals surface area contributed by atoms with Gasteiger partial charge in [-0.25, -0.2) is 5.43 Å². The summed E-state index contributed by atoms with van der Waals surface area (Å²) in [6.07, 6.45) is -3.41. The molecule has 0 aliphatic carbocycles. The van der Waals surface area contributed by atoms with Crippen molar-refractivity contribution in [1.29, 1.82) is 0 Å². The normalized spacial score (nSPS) is 11.6. The van der Waals surface area contributed by atoms with Crippen molar-refractivity contribution < 1.29 is 27.8 Å². The molecule has 0 fully saturated rings. The molecule has 1 amide bonds. The van der Waals surface area contributed by atoms with E-state index in [9.17, 15) is 23.1 Å². The van der Waals surface area contributed by atoms with Crippen LogP contribution in [0.2, 0.25) is 0 Å². The van der Waals surface area contributed by atoms with Crippen LogP contribution in [0.25, 0.3) is 0 Å². The van der Waals surface area contributed by atoms with Crippen LogP contribution in [0.5, 0.6) is 11.5 Å². The first-order chi connectivity index (χ1) is 11.7. The Bertz CT molecular complexity index is 823. The number of hydrazone groups is 1. The second kappa shape index (κ2) is 7.72. The van der Waals surface area contributed by atoms with E-state index < -0.39 is 23.2 Å². The number of amides is 1. The van der Waals surface area contributed by atoms with E-state index >= 15 is 0 Å². The summed E-state index contributed by atoms with van der Waals surface area (Å²) in [7, 11) is 1.38. The minimum atomic E-state index is -4.64. The molecule has 2 aromatic rings. The minimum absolute atomic E-state index is 0.0385. The molecule has 0 aromatic heterocycles. The molecule has 9 heteroatoms. The zero-order chi connectivity index (χ0) is 18.6. The maximum atomic E-state index is 12.9. The van der Waals surface area contributed by atoms with E-state index in [4.69, 9.17) is 4.74 Å². The molecule has 25 heavy (non-hydrogen) atoms. The predicted molar refractivity (Wildman–Crippen MR) is 93.9 cm³/mol. The molecule has 0 heterocycles. The van der Waals surface area contributed by atoms with Crippen LogP contribution in [0.3, 0.4) is 0 Å². The number of phenolic OH excluding ortho intramolecular Hbond substituents is 1. The Kier molecular flexibility index (Phi) is 5.88. The Balaban J connectivity index is 2.19. The average Bonchev–Trinajstić information content (AvgIpc) is 2.57. The van der Waals surface area contributed by atoms with Crippen molar-refractivity contribution in [2.24, 2.45) is 5.10 Å². The summed E-state index contributed by atoms with van der Waals surface area (Å²) in [5, 5.41) is 13.4. The maximum Gasteiger partial charge on any atom is 0.417 e. The van der Waals surface area contributed by atoms with Crippen LogP contribution in [0.15, 0.2) is 41.5 Å². The van der Waals surface area contributed by atoms with Gasteiger partial charge in [0.25, 0.3) is 5.91 Å². The first kappa shape index (κ1) is 19.0. The number of halogens is 4. The van der Waals surface area contributed by atoms with Crippen molar-refractivity contribution in [3.05, 3.63) is 56.7 Å². The van der Waals surface area contributed by atoms with Gasteiger partial charge in [0.2, 0.25) is 0 Å². The van der Waals surface area contributed by atoms with Crippen molar-refractivity contribution in [3.8, 4) is 11.5 Å². The third-order valence-corrected chi connectivity index (χ3v) is 3.95. The van der Waals surface area contributed by atoms with Crippen LogP contribution in [0.4, 0.5) is 13.2 Å². The SMILES string of the molecule is COc1cc(/C=N/NC(=O)c2ccccc2C(F)(F)F)cc(I)c1O. The van der Waals surface area contributed by atoms with Gasteiger partial charge in [-0.1, -0.05) is 12.1 Å². The quantitative estimate of drug-likeness (QED) is 0.411. The number of benzene rings is 2. The summed E-state index contributed by atoms with van der Waals surface area (Å²) in [5.74, 6) is -0.810. The number of phenols is 1. The Morgan fingerprint density at radius 1 is 1.32 bits per heavy atom. The largest absolute Gasteiger partial charge is 0.504 e. The lowest BCUT2D eigenvalue weighted by molar-refractivity contribution is -0.137. The average molecular weight is 464 g/mol. The van der Waals surface area contributed by atoms with Gasteiger partial charge in [0, 0.05) is 0 Å². The number of hydrogen-bond donors (Lipinski definition) is 2. The topological polar surface area (TPSA) is 70.9 Å². The van der Waals surface area contributed by atoms with Crippen LogP contribution in [0, 0.1) is 3.57 Å². The molecule has 0 radical (unpaired) electrons. The van der Waals surface area contributed by atoms with E-state index in [2.05, 4.69) is 10.5 Å². The molecular formula is C16H12F3IN2O3. The number of ether oxygens (including phenoxy) is 1. The smallest absolute Gasteiger partial charge is 0.417 e. The van der Waals surface area contributed by atoms with E-state index in [0.717, 1.165) is 12.1 Å². The molecular weight excluding hydrogens is 452 g/mol. The van der Waals surface area contributed by atoms with Crippen LogP contribution >= 0.6 is 22.6 Å². The predicted octanol–water partition coefficient (Wildman–Crippen LogP) is 3.79. The first-order valence-electron chi connectivity index (χ1n) is 6.80. The molecule has 0 saturated heterocycles. The lowest BCUT2D eigenvalue weighted by atomic mass is 10.1. The number of rotatable bonds is 4. The number of carbonyl (C=O) groups is 1. The molecule has 0 spiro atoms. The second-order valence-corrected chi connectivity index (χ2v) is 5.96. The number of methoxy groups -OCH3 is 1. The summed E-state index contributed by atoms with van der Waals surface area (Å²) in [4.78, 5) is 12.0. The second-order valence-electron chi connectivity index (χ2n) is 4.80. The van der Waals surface area contributed by atoms with Crippen LogP contribution in [0.1, 0.15) is 21.5 Å². The fourth-order valence-electron chi connectivity index (χ4n) is 1.98. The molecule has 0 bridgehead atoms. The van der Waals surface area contributed by atoms with E-state index in [1.165, 1.54) is 31.5 Å². The Hall–Kier alpha value is -2.30. The number of nitrogens with zero attached hydrogens (tertiary/aromatic N) is 1. The minimum Gasteiger partial charge on any atom is -0.504 e. The Morgan fingerprint density at radius 2 is 2.00 bits per heavy atom. The molecule has 0 atom stereocenters. The number of alkyl halides is 3. The van der Waals surface area contributed by atoms with Gasteiger partial charge in [-0.15, -0.1) is 0 Å². The Labute approximate surface area is 154 Å². The van der Waals surface area contributed by atoms with Crippen LogP contribution < -0.4 is 10.2 Å². The van der Waals surface area contributed by atoms with Crippen molar-refractivity contribution in [1.82, 2.24) is 5.43 Å². The first-order valence-corrected chi connectivity index (χ1v) is 7.88. The van der Waals surface area contributed by atoms with Crippen molar-refractivity contribution in [2.45, 2.75) is 6.18 Å². The Morgan fingerprint density at radius 3 is 2.64 bits per heavy atom. The highest BCUT2D eigenvalue weighted by atomic mass is 127. The summed E-state index contributed by atoms with van der Waals surface area (Å²) in [5.41, 5.74) is 0.984. The number of aromatic hydroxyl groups is 1. The van der Waals surface area contributed by atoms with E-state index in [0.29, 0.717) is 9.13 Å². The lowest BCUT2D eigenvalue weighted by Crippen LogP contribution is -2.22. The highest BCUT2D eigenvalue weighted by Crippen LogP contribution is 2.32. The summed E-state index contributed by atoms with van der Waals surface area (Å²) in [6.45, 7) is 0. The van der Waals surface area contributed by atoms with Gasteiger partial charge in [-0.3, -0.25) is 4.79 Å². The maximum absolute atomic E-state index is 12.9. The van der Waals surface area contributed by atoms with Crippen LogP contribution in [-0.4, -0.2) is 24.3 Å². The molecule has 2 N–H and O–H groups in total. The van der Waals surface area contributed by atoms with Gasteiger partial charge < -0.3 is 9.84 Å². The van der Waals surface area contributed by atoms with Gasteiger partial charge in [0.1, 0.15) is 0 Å². The van der Waals surface area contributed by atoms with Gasteiger partial charge >= 0.3 is 6.18 Å².